The van der Waals surface area contributed by atoms with Gasteiger partial charge in [-0.2, -0.15) is 0 Å². The second-order valence-corrected chi connectivity index (χ2v) is 7.00. The molecule has 0 atom stereocenters. The van der Waals surface area contributed by atoms with E-state index in [0.717, 1.165) is 13.1 Å². The van der Waals surface area contributed by atoms with Gasteiger partial charge in [-0.05, 0) is 40.3 Å². The standard InChI is InChI=1S/C9H21NO2S/c1-5-10-7-6-8-13(11,12)9(2,3)4/h10H,5-8H2,1-4H3. The summed E-state index contributed by atoms with van der Waals surface area (Å²) in [4.78, 5) is 0. The van der Waals surface area contributed by atoms with E-state index in [0.29, 0.717) is 6.42 Å². The summed E-state index contributed by atoms with van der Waals surface area (Å²) in [6.07, 6.45) is 0.702. The van der Waals surface area contributed by atoms with Crippen LogP contribution in [-0.2, 0) is 9.84 Å². The Balaban J connectivity index is 3.92. The van der Waals surface area contributed by atoms with E-state index in [-0.39, 0.29) is 5.75 Å². The van der Waals surface area contributed by atoms with Crippen molar-refractivity contribution in [3.63, 3.8) is 0 Å². The first-order valence-electron chi connectivity index (χ1n) is 4.74. The van der Waals surface area contributed by atoms with Crippen LogP contribution in [-0.4, -0.2) is 32.0 Å². The Hall–Kier alpha value is -0.0900. The van der Waals surface area contributed by atoms with Crippen LogP contribution in [0.5, 0.6) is 0 Å². The lowest BCUT2D eigenvalue weighted by Gasteiger charge is -2.18. The normalized spacial score (nSPS) is 13.2. The second kappa shape index (κ2) is 4.96. The summed E-state index contributed by atoms with van der Waals surface area (Å²) in [5.41, 5.74) is 0. The molecule has 0 heterocycles. The number of sulfone groups is 1. The number of hydrogen-bond acceptors (Lipinski definition) is 3. The Kier molecular flexibility index (Phi) is 4.92. The van der Waals surface area contributed by atoms with Crippen LogP contribution in [0, 0.1) is 0 Å². The molecule has 0 aliphatic rings. The molecule has 1 N–H and O–H groups in total. The number of nitrogens with one attached hydrogen (secondary N) is 1. The highest BCUT2D eigenvalue weighted by Gasteiger charge is 2.27. The highest BCUT2D eigenvalue weighted by molar-refractivity contribution is 7.92. The highest BCUT2D eigenvalue weighted by Crippen LogP contribution is 2.16. The average molecular weight is 207 g/mol. The monoisotopic (exact) mass is 207 g/mol. The average Bonchev–Trinajstić information content (AvgIpc) is 1.96. The fourth-order valence-corrected chi connectivity index (χ4v) is 2.01. The molecule has 0 fully saturated rings. The van der Waals surface area contributed by atoms with Crippen molar-refractivity contribution in [2.24, 2.45) is 0 Å². The van der Waals surface area contributed by atoms with E-state index in [2.05, 4.69) is 5.32 Å². The molecule has 0 aliphatic heterocycles. The Bertz CT molecular complexity index is 226. The second-order valence-electron chi connectivity index (χ2n) is 4.14. The van der Waals surface area contributed by atoms with Gasteiger partial charge in [-0.15, -0.1) is 0 Å². The van der Waals surface area contributed by atoms with Crippen LogP contribution in [0.25, 0.3) is 0 Å². The van der Waals surface area contributed by atoms with Crippen molar-refractivity contribution in [3.05, 3.63) is 0 Å². The molecule has 0 saturated carbocycles. The summed E-state index contributed by atoms with van der Waals surface area (Å²) in [5, 5.41) is 3.11. The van der Waals surface area contributed by atoms with Gasteiger partial charge in [0.15, 0.2) is 9.84 Å². The molecule has 0 spiro atoms. The van der Waals surface area contributed by atoms with Crippen molar-refractivity contribution in [2.45, 2.75) is 38.9 Å². The zero-order chi connectivity index (χ0) is 10.5. The fourth-order valence-electron chi connectivity index (χ4n) is 0.870. The number of hydrogen-bond donors (Lipinski definition) is 1. The molecule has 0 radical (unpaired) electrons. The third-order valence-electron chi connectivity index (χ3n) is 1.95. The van der Waals surface area contributed by atoms with E-state index in [4.69, 9.17) is 0 Å². The summed E-state index contributed by atoms with van der Waals surface area (Å²) in [5.74, 6) is 0.281. The van der Waals surface area contributed by atoms with E-state index < -0.39 is 14.6 Å². The SMILES string of the molecule is CCNCCCS(=O)(=O)C(C)(C)C. The minimum atomic E-state index is -2.92. The van der Waals surface area contributed by atoms with Gasteiger partial charge in [-0.1, -0.05) is 6.92 Å². The maximum atomic E-state index is 11.6. The summed E-state index contributed by atoms with van der Waals surface area (Å²) < 4.78 is 22.6. The first kappa shape index (κ1) is 12.9. The predicted octanol–water partition coefficient (Wildman–Crippen LogP) is 1.20. The van der Waals surface area contributed by atoms with Gasteiger partial charge in [0.05, 0.1) is 10.5 Å². The molecule has 0 aliphatic carbocycles. The maximum Gasteiger partial charge on any atom is 0.155 e. The Morgan fingerprint density at radius 2 is 1.77 bits per heavy atom. The molecule has 80 valence electrons. The van der Waals surface area contributed by atoms with Gasteiger partial charge < -0.3 is 5.32 Å². The molecule has 0 aromatic carbocycles. The van der Waals surface area contributed by atoms with E-state index >= 15 is 0 Å². The van der Waals surface area contributed by atoms with E-state index in [9.17, 15) is 8.42 Å². The van der Waals surface area contributed by atoms with Gasteiger partial charge in [-0.3, -0.25) is 0 Å². The van der Waals surface area contributed by atoms with Crippen LogP contribution in [0.3, 0.4) is 0 Å². The molecule has 0 bridgehead atoms. The molecule has 0 rings (SSSR count). The largest absolute Gasteiger partial charge is 0.317 e. The van der Waals surface area contributed by atoms with Crippen molar-refractivity contribution in [3.8, 4) is 0 Å². The fraction of sp³-hybridized carbons (Fsp3) is 1.00. The van der Waals surface area contributed by atoms with Crippen molar-refractivity contribution in [1.29, 1.82) is 0 Å². The van der Waals surface area contributed by atoms with Gasteiger partial charge >= 0.3 is 0 Å². The predicted molar refractivity (Wildman–Crippen MR) is 56.7 cm³/mol. The van der Waals surface area contributed by atoms with Crippen LogP contribution in [0.1, 0.15) is 34.1 Å². The molecule has 4 heteroatoms. The van der Waals surface area contributed by atoms with Crippen LogP contribution in [0.4, 0.5) is 0 Å². The highest BCUT2D eigenvalue weighted by atomic mass is 32.2. The van der Waals surface area contributed by atoms with E-state index in [1.165, 1.54) is 0 Å². The lowest BCUT2D eigenvalue weighted by molar-refractivity contribution is 0.555. The zero-order valence-corrected chi connectivity index (χ0v) is 9.87. The number of rotatable bonds is 5. The molecular weight excluding hydrogens is 186 g/mol. The lowest BCUT2D eigenvalue weighted by atomic mass is 10.3. The van der Waals surface area contributed by atoms with Gasteiger partial charge in [0.2, 0.25) is 0 Å². The summed E-state index contributed by atoms with van der Waals surface area (Å²) in [6.45, 7) is 8.93. The van der Waals surface area contributed by atoms with Gasteiger partial charge in [0.1, 0.15) is 0 Å². The molecule has 0 saturated heterocycles. The third kappa shape index (κ3) is 4.62. The van der Waals surface area contributed by atoms with Gasteiger partial charge in [0.25, 0.3) is 0 Å². The summed E-state index contributed by atoms with van der Waals surface area (Å²) in [6, 6.07) is 0. The minimum Gasteiger partial charge on any atom is -0.317 e. The molecule has 0 unspecified atom stereocenters. The Morgan fingerprint density at radius 3 is 2.15 bits per heavy atom. The molecule has 0 aromatic rings. The van der Waals surface area contributed by atoms with Crippen molar-refractivity contribution >= 4 is 9.84 Å². The van der Waals surface area contributed by atoms with E-state index in [1.807, 2.05) is 6.92 Å². The molecule has 3 nitrogen and oxygen atoms in total. The van der Waals surface area contributed by atoms with Crippen molar-refractivity contribution < 1.29 is 8.42 Å². The molecule has 13 heavy (non-hydrogen) atoms. The van der Waals surface area contributed by atoms with Gasteiger partial charge in [0, 0.05) is 0 Å². The topological polar surface area (TPSA) is 46.2 Å². The third-order valence-corrected chi connectivity index (χ3v) is 4.64. The smallest absolute Gasteiger partial charge is 0.155 e. The molecular formula is C9H21NO2S. The van der Waals surface area contributed by atoms with Crippen LogP contribution in [0.15, 0.2) is 0 Å². The van der Waals surface area contributed by atoms with Crippen LogP contribution < -0.4 is 5.32 Å². The van der Waals surface area contributed by atoms with Crippen molar-refractivity contribution in [1.82, 2.24) is 5.32 Å². The first-order chi connectivity index (χ1) is 5.81. The maximum absolute atomic E-state index is 11.6. The van der Waals surface area contributed by atoms with Crippen LogP contribution in [0.2, 0.25) is 0 Å². The molecule has 0 amide bonds. The van der Waals surface area contributed by atoms with Crippen molar-refractivity contribution in [2.75, 3.05) is 18.8 Å². The first-order valence-corrected chi connectivity index (χ1v) is 6.39. The lowest BCUT2D eigenvalue weighted by Crippen LogP contribution is -2.31. The Morgan fingerprint density at radius 1 is 1.23 bits per heavy atom. The zero-order valence-electron chi connectivity index (χ0n) is 9.05. The quantitative estimate of drug-likeness (QED) is 0.689. The van der Waals surface area contributed by atoms with Gasteiger partial charge in [-0.25, -0.2) is 8.42 Å². The summed E-state index contributed by atoms with van der Waals surface area (Å²) in [7, 11) is -2.92. The minimum absolute atomic E-state index is 0.281. The van der Waals surface area contributed by atoms with E-state index in [1.54, 1.807) is 20.8 Å². The molecule has 0 aromatic heterocycles. The van der Waals surface area contributed by atoms with Crippen LogP contribution >= 0.6 is 0 Å². The summed E-state index contributed by atoms with van der Waals surface area (Å²) >= 11 is 0. The Labute approximate surface area is 81.8 Å².